The van der Waals surface area contributed by atoms with Crippen LogP contribution in [0.3, 0.4) is 0 Å². The van der Waals surface area contributed by atoms with Gasteiger partial charge in [-0.1, -0.05) is 13.8 Å². The van der Waals surface area contributed by atoms with E-state index < -0.39 is 24.1 Å². The number of carbonyl (C=O) groups is 4. The Morgan fingerprint density at radius 3 is 2.72 bits per heavy atom. The molecule has 0 aromatic carbocycles. The first-order valence-electron chi connectivity index (χ1n) is 12.0. The summed E-state index contributed by atoms with van der Waals surface area (Å²) in [5, 5.41) is 8.18. The van der Waals surface area contributed by atoms with Crippen molar-refractivity contribution in [3.05, 3.63) is 0 Å². The minimum Gasteiger partial charge on any atom is -0.446 e. The summed E-state index contributed by atoms with van der Waals surface area (Å²) in [6.07, 6.45) is 4.59. The van der Waals surface area contributed by atoms with Crippen LogP contribution in [0.25, 0.3) is 0 Å². The summed E-state index contributed by atoms with van der Waals surface area (Å²) in [5.74, 6) is 0.426. The maximum absolute atomic E-state index is 12.9. The molecule has 4 aliphatic rings. The van der Waals surface area contributed by atoms with E-state index in [1.165, 1.54) is 0 Å². The molecule has 2 saturated heterocycles. The standard InChI is InChI=1S/C23H35N3O6/c1-12(2)7-18(22(29)25-15(10-27)8-14-5-6-24-21(14)28)26-23(30)32-20-13-3-4-19-16(9-13)17(20)11-31-19/h10,12-20H,3-9,11H2,1-2H3,(H,24,28)(H,25,29)(H,26,30)/t13?,14?,15-,16?,17+,18-,19+,20-/m0/s1. The summed E-state index contributed by atoms with van der Waals surface area (Å²) in [4.78, 5) is 49.0. The number of nitrogens with one attached hydrogen (secondary N) is 3. The maximum Gasteiger partial charge on any atom is 0.408 e. The number of hydrogen-bond acceptors (Lipinski definition) is 6. The Kier molecular flexibility index (Phi) is 7.02. The van der Waals surface area contributed by atoms with E-state index in [9.17, 15) is 19.2 Å². The van der Waals surface area contributed by atoms with Crippen LogP contribution < -0.4 is 16.0 Å². The van der Waals surface area contributed by atoms with Crippen LogP contribution >= 0.6 is 0 Å². The zero-order valence-electron chi connectivity index (χ0n) is 18.9. The number of fused-ring (bicyclic) bond motifs is 1. The van der Waals surface area contributed by atoms with Crippen molar-refractivity contribution in [2.24, 2.45) is 29.6 Å². The van der Waals surface area contributed by atoms with E-state index >= 15 is 0 Å². The van der Waals surface area contributed by atoms with Gasteiger partial charge in [0.1, 0.15) is 18.4 Å². The van der Waals surface area contributed by atoms with E-state index in [0.717, 1.165) is 19.3 Å². The van der Waals surface area contributed by atoms with Gasteiger partial charge in [-0.05, 0) is 56.3 Å². The van der Waals surface area contributed by atoms with Crippen molar-refractivity contribution in [3.8, 4) is 0 Å². The fraction of sp³-hybridized carbons (Fsp3) is 0.826. The predicted octanol–water partition coefficient (Wildman–Crippen LogP) is 1.15. The number of alkyl carbamates (subject to hydrolysis) is 1. The molecule has 4 fully saturated rings. The second-order valence-electron chi connectivity index (χ2n) is 10.2. The minimum atomic E-state index is -0.810. The van der Waals surface area contributed by atoms with E-state index in [1.54, 1.807) is 0 Å². The van der Waals surface area contributed by atoms with Crippen LogP contribution in [0.2, 0.25) is 0 Å². The average Bonchev–Trinajstić information content (AvgIpc) is 3.41. The van der Waals surface area contributed by atoms with Crippen molar-refractivity contribution in [3.63, 3.8) is 0 Å². The van der Waals surface area contributed by atoms with Crippen molar-refractivity contribution in [2.45, 2.75) is 76.7 Å². The zero-order valence-corrected chi connectivity index (χ0v) is 18.9. The fourth-order valence-electron chi connectivity index (χ4n) is 6.01. The lowest BCUT2D eigenvalue weighted by molar-refractivity contribution is -0.127. The summed E-state index contributed by atoms with van der Waals surface area (Å²) in [5.41, 5.74) is 0. The number of rotatable bonds is 9. The average molecular weight is 450 g/mol. The second kappa shape index (κ2) is 9.77. The molecule has 9 nitrogen and oxygen atoms in total. The first-order valence-corrected chi connectivity index (χ1v) is 12.0. The van der Waals surface area contributed by atoms with Gasteiger partial charge in [-0.3, -0.25) is 9.59 Å². The third-order valence-electron chi connectivity index (χ3n) is 7.57. The highest BCUT2D eigenvalue weighted by molar-refractivity contribution is 5.88. The molecule has 8 atom stereocenters. The largest absolute Gasteiger partial charge is 0.446 e. The molecule has 178 valence electrons. The van der Waals surface area contributed by atoms with Gasteiger partial charge in [0, 0.05) is 18.4 Å². The number of ether oxygens (including phenoxy) is 2. The first-order chi connectivity index (χ1) is 15.4. The third-order valence-corrected chi connectivity index (χ3v) is 7.57. The SMILES string of the molecule is CC(C)C[C@H](NC(=O)O[C@H]1C2CC[C@H]3OC[C@@H]1C3C2)C(=O)N[C@H](C=O)CC1CCNC1=O. The Bertz CT molecular complexity index is 743. The number of amides is 3. The van der Waals surface area contributed by atoms with Crippen LogP contribution in [-0.2, 0) is 23.9 Å². The lowest BCUT2D eigenvalue weighted by Gasteiger charge is -2.28. The fourth-order valence-corrected chi connectivity index (χ4v) is 6.01. The smallest absolute Gasteiger partial charge is 0.408 e. The molecule has 4 rings (SSSR count). The predicted molar refractivity (Wildman–Crippen MR) is 114 cm³/mol. The van der Waals surface area contributed by atoms with Gasteiger partial charge in [0.05, 0.1) is 18.8 Å². The van der Waals surface area contributed by atoms with Gasteiger partial charge in [0.15, 0.2) is 0 Å². The molecule has 9 heteroatoms. The monoisotopic (exact) mass is 449 g/mol. The van der Waals surface area contributed by atoms with E-state index in [4.69, 9.17) is 9.47 Å². The van der Waals surface area contributed by atoms with E-state index in [-0.39, 0.29) is 36.2 Å². The number of hydrogen-bond donors (Lipinski definition) is 3. The lowest BCUT2D eigenvalue weighted by atomic mass is 9.86. The minimum absolute atomic E-state index is 0.0913. The second-order valence-corrected chi connectivity index (χ2v) is 10.2. The number of aldehydes is 1. The van der Waals surface area contributed by atoms with Gasteiger partial charge < -0.3 is 30.2 Å². The highest BCUT2D eigenvalue weighted by Gasteiger charge is 2.55. The Labute approximate surface area is 188 Å². The normalized spacial score (nSPS) is 34.7. The van der Waals surface area contributed by atoms with Crippen LogP contribution in [0.5, 0.6) is 0 Å². The molecule has 0 spiro atoms. The summed E-state index contributed by atoms with van der Waals surface area (Å²) in [6.45, 7) is 5.14. The quantitative estimate of drug-likeness (QED) is 0.454. The zero-order chi connectivity index (χ0) is 22.8. The molecule has 0 aromatic rings. The van der Waals surface area contributed by atoms with E-state index in [0.29, 0.717) is 50.2 Å². The maximum atomic E-state index is 12.9. The van der Waals surface area contributed by atoms with Gasteiger partial charge in [0.2, 0.25) is 11.8 Å². The van der Waals surface area contributed by atoms with Crippen LogP contribution in [0, 0.1) is 29.6 Å². The lowest BCUT2D eigenvalue weighted by Crippen LogP contribution is -2.52. The molecule has 2 saturated carbocycles. The summed E-state index contributed by atoms with van der Waals surface area (Å²) in [6, 6.07) is -1.58. The molecular weight excluding hydrogens is 414 g/mol. The summed E-state index contributed by atoms with van der Waals surface area (Å²) < 4.78 is 11.7. The topological polar surface area (TPSA) is 123 Å². The Hall–Kier alpha value is -2.16. The molecule has 32 heavy (non-hydrogen) atoms. The number of carbonyl (C=O) groups excluding carboxylic acids is 4. The third kappa shape index (κ3) is 4.92. The van der Waals surface area contributed by atoms with Gasteiger partial charge in [0.25, 0.3) is 0 Å². The Balaban J connectivity index is 1.33. The van der Waals surface area contributed by atoms with Gasteiger partial charge >= 0.3 is 6.09 Å². The first kappa shape index (κ1) is 23.0. The van der Waals surface area contributed by atoms with E-state index in [1.807, 2.05) is 13.8 Å². The molecule has 2 bridgehead atoms. The van der Waals surface area contributed by atoms with Crippen molar-refractivity contribution < 1.29 is 28.7 Å². The van der Waals surface area contributed by atoms with Gasteiger partial charge in [-0.15, -0.1) is 0 Å². The molecule has 3 unspecified atom stereocenters. The van der Waals surface area contributed by atoms with Crippen LogP contribution in [0.15, 0.2) is 0 Å². The molecule has 2 heterocycles. The Morgan fingerprint density at radius 2 is 2.03 bits per heavy atom. The molecule has 0 aromatic heterocycles. The van der Waals surface area contributed by atoms with Crippen LogP contribution in [-0.4, -0.2) is 61.6 Å². The van der Waals surface area contributed by atoms with Crippen LogP contribution in [0.4, 0.5) is 4.79 Å². The molecular formula is C23H35N3O6. The highest BCUT2D eigenvalue weighted by atomic mass is 16.6. The molecule has 2 aliphatic heterocycles. The summed E-state index contributed by atoms with van der Waals surface area (Å²) >= 11 is 0. The van der Waals surface area contributed by atoms with Crippen molar-refractivity contribution in [1.82, 2.24) is 16.0 Å². The Morgan fingerprint density at radius 1 is 1.22 bits per heavy atom. The van der Waals surface area contributed by atoms with Crippen molar-refractivity contribution >= 4 is 24.2 Å². The highest BCUT2D eigenvalue weighted by Crippen LogP contribution is 2.52. The van der Waals surface area contributed by atoms with E-state index in [2.05, 4.69) is 16.0 Å². The summed E-state index contributed by atoms with van der Waals surface area (Å²) in [7, 11) is 0. The van der Waals surface area contributed by atoms with Crippen molar-refractivity contribution in [1.29, 1.82) is 0 Å². The molecule has 2 aliphatic carbocycles. The van der Waals surface area contributed by atoms with Gasteiger partial charge in [-0.25, -0.2) is 4.79 Å². The molecule has 0 radical (unpaired) electrons. The van der Waals surface area contributed by atoms with Gasteiger partial charge in [-0.2, -0.15) is 0 Å². The van der Waals surface area contributed by atoms with Crippen molar-refractivity contribution in [2.75, 3.05) is 13.2 Å². The van der Waals surface area contributed by atoms with Crippen LogP contribution in [0.1, 0.15) is 52.4 Å². The molecule has 3 N–H and O–H groups in total. The molecule has 3 amide bonds.